The van der Waals surface area contributed by atoms with Gasteiger partial charge in [0.05, 0.1) is 6.10 Å². The average molecular weight is 206 g/mol. The highest BCUT2D eigenvalue weighted by Gasteiger charge is 2.08. The van der Waals surface area contributed by atoms with Crippen LogP contribution in [-0.2, 0) is 6.42 Å². The highest BCUT2D eigenvalue weighted by molar-refractivity contribution is 5.28. The van der Waals surface area contributed by atoms with Crippen molar-refractivity contribution in [3.05, 3.63) is 34.9 Å². The molecule has 0 aliphatic carbocycles. The van der Waals surface area contributed by atoms with Gasteiger partial charge in [0.2, 0.25) is 0 Å². The summed E-state index contributed by atoms with van der Waals surface area (Å²) in [5.74, 6) is 0.357. The molecule has 0 aliphatic heterocycles. The first kappa shape index (κ1) is 12.3. The first-order valence-corrected chi connectivity index (χ1v) is 5.74. The first-order valence-electron chi connectivity index (χ1n) is 5.74. The van der Waals surface area contributed by atoms with Crippen LogP contribution in [0.2, 0.25) is 0 Å². The van der Waals surface area contributed by atoms with Crippen LogP contribution in [0.1, 0.15) is 37.0 Å². The molecule has 0 bridgehead atoms. The van der Waals surface area contributed by atoms with E-state index in [1.165, 1.54) is 16.7 Å². The van der Waals surface area contributed by atoms with Gasteiger partial charge in [-0.3, -0.25) is 0 Å². The van der Waals surface area contributed by atoms with Gasteiger partial charge in [-0.15, -0.1) is 0 Å². The lowest BCUT2D eigenvalue weighted by Crippen LogP contribution is -2.15. The van der Waals surface area contributed by atoms with Gasteiger partial charge < -0.3 is 5.11 Å². The van der Waals surface area contributed by atoms with E-state index in [9.17, 15) is 5.11 Å². The Hall–Kier alpha value is -0.820. The molecule has 0 fully saturated rings. The minimum atomic E-state index is -0.175. The van der Waals surface area contributed by atoms with Crippen molar-refractivity contribution in [2.75, 3.05) is 0 Å². The molecular formula is C14H22O. The second kappa shape index (κ2) is 5.32. The highest BCUT2D eigenvalue weighted by Crippen LogP contribution is 2.14. The maximum atomic E-state index is 9.73. The van der Waals surface area contributed by atoms with Crippen molar-refractivity contribution in [3.63, 3.8) is 0 Å². The summed E-state index contributed by atoms with van der Waals surface area (Å²) >= 11 is 0. The van der Waals surface area contributed by atoms with Gasteiger partial charge in [0.1, 0.15) is 0 Å². The van der Waals surface area contributed by atoms with Crippen LogP contribution in [0.3, 0.4) is 0 Å². The molecular weight excluding hydrogens is 184 g/mol. The minimum absolute atomic E-state index is 0.175. The summed E-state index contributed by atoms with van der Waals surface area (Å²) in [6.45, 7) is 8.36. The Kier molecular flexibility index (Phi) is 4.34. The number of rotatable bonds is 4. The van der Waals surface area contributed by atoms with E-state index >= 15 is 0 Å². The second-order valence-electron chi connectivity index (χ2n) is 4.85. The molecule has 0 aromatic heterocycles. The quantitative estimate of drug-likeness (QED) is 0.801. The summed E-state index contributed by atoms with van der Waals surface area (Å²) in [6.07, 6.45) is 1.66. The van der Waals surface area contributed by atoms with E-state index in [2.05, 4.69) is 45.9 Å². The first-order chi connectivity index (χ1) is 6.99. The maximum absolute atomic E-state index is 9.73. The fourth-order valence-corrected chi connectivity index (χ4v) is 1.86. The minimum Gasteiger partial charge on any atom is -0.393 e. The molecule has 0 amide bonds. The third kappa shape index (κ3) is 4.05. The summed E-state index contributed by atoms with van der Waals surface area (Å²) in [6, 6.07) is 6.60. The lowest BCUT2D eigenvalue weighted by atomic mass is 9.97. The largest absolute Gasteiger partial charge is 0.393 e. The fraction of sp³-hybridized carbons (Fsp3) is 0.571. The van der Waals surface area contributed by atoms with Crippen molar-refractivity contribution in [3.8, 4) is 0 Å². The third-order valence-corrected chi connectivity index (χ3v) is 2.78. The Bertz CT molecular complexity index is 295. The summed E-state index contributed by atoms with van der Waals surface area (Å²) < 4.78 is 0. The molecule has 1 aromatic rings. The fourth-order valence-electron chi connectivity index (χ4n) is 1.86. The molecule has 15 heavy (non-hydrogen) atoms. The third-order valence-electron chi connectivity index (χ3n) is 2.78. The summed E-state index contributed by atoms with van der Waals surface area (Å²) in [5.41, 5.74) is 3.96. The SMILES string of the molecule is Cc1cc(C)cc(CCC(O)C(C)C)c1. The van der Waals surface area contributed by atoms with Crippen LogP contribution < -0.4 is 0 Å². The molecule has 0 saturated heterocycles. The van der Waals surface area contributed by atoms with E-state index in [1.54, 1.807) is 0 Å². The molecule has 0 aliphatic rings. The molecule has 0 radical (unpaired) electrons. The number of aliphatic hydroxyl groups is 1. The molecule has 0 saturated carbocycles. The molecule has 1 nitrogen and oxygen atoms in total. The van der Waals surface area contributed by atoms with Gasteiger partial charge in [0.25, 0.3) is 0 Å². The predicted octanol–water partition coefficient (Wildman–Crippen LogP) is 3.25. The zero-order valence-corrected chi connectivity index (χ0v) is 10.2. The molecule has 1 N–H and O–H groups in total. The topological polar surface area (TPSA) is 20.2 Å². The van der Waals surface area contributed by atoms with Crippen molar-refractivity contribution >= 4 is 0 Å². The molecule has 0 heterocycles. The summed E-state index contributed by atoms with van der Waals surface area (Å²) in [7, 11) is 0. The van der Waals surface area contributed by atoms with Crippen LogP contribution in [0.25, 0.3) is 0 Å². The molecule has 1 rings (SSSR count). The Balaban J connectivity index is 2.57. The predicted molar refractivity (Wildman–Crippen MR) is 65.1 cm³/mol. The van der Waals surface area contributed by atoms with Gasteiger partial charge >= 0.3 is 0 Å². The average Bonchev–Trinajstić information content (AvgIpc) is 2.12. The Morgan fingerprint density at radius 3 is 2.07 bits per heavy atom. The number of hydrogen-bond donors (Lipinski definition) is 1. The van der Waals surface area contributed by atoms with Crippen molar-refractivity contribution in [2.45, 2.75) is 46.6 Å². The van der Waals surface area contributed by atoms with Crippen molar-refractivity contribution in [1.29, 1.82) is 0 Å². The van der Waals surface area contributed by atoms with Gasteiger partial charge in [-0.2, -0.15) is 0 Å². The van der Waals surface area contributed by atoms with Crippen LogP contribution in [0.5, 0.6) is 0 Å². The van der Waals surface area contributed by atoms with Crippen molar-refractivity contribution in [1.82, 2.24) is 0 Å². The number of aliphatic hydroxyl groups excluding tert-OH is 1. The van der Waals surface area contributed by atoms with E-state index in [1.807, 2.05) is 0 Å². The van der Waals surface area contributed by atoms with Crippen LogP contribution >= 0.6 is 0 Å². The Morgan fingerprint density at radius 2 is 1.60 bits per heavy atom. The number of benzene rings is 1. The number of hydrogen-bond acceptors (Lipinski definition) is 1. The van der Waals surface area contributed by atoms with E-state index in [0.29, 0.717) is 5.92 Å². The maximum Gasteiger partial charge on any atom is 0.0566 e. The van der Waals surface area contributed by atoms with Crippen molar-refractivity contribution in [2.24, 2.45) is 5.92 Å². The molecule has 1 heteroatoms. The van der Waals surface area contributed by atoms with Crippen LogP contribution in [0, 0.1) is 19.8 Å². The van der Waals surface area contributed by atoms with Gasteiger partial charge in [-0.1, -0.05) is 43.2 Å². The lowest BCUT2D eigenvalue weighted by Gasteiger charge is -2.14. The van der Waals surface area contributed by atoms with Gasteiger partial charge in [-0.25, -0.2) is 0 Å². The summed E-state index contributed by atoms with van der Waals surface area (Å²) in [4.78, 5) is 0. The van der Waals surface area contributed by atoms with Gasteiger partial charge in [0, 0.05) is 0 Å². The normalized spacial score (nSPS) is 13.2. The van der Waals surface area contributed by atoms with Crippen LogP contribution in [0.15, 0.2) is 18.2 Å². The molecule has 84 valence electrons. The van der Waals surface area contributed by atoms with E-state index in [-0.39, 0.29) is 6.10 Å². The van der Waals surface area contributed by atoms with Crippen molar-refractivity contribution < 1.29 is 5.11 Å². The van der Waals surface area contributed by atoms with Gasteiger partial charge in [-0.05, 0) is 38.2 Å². The molecule has 1 unspecified atom stereocenters. The Morgan fingerprint density at radius 1 is 1.07 bits per heavy atom. The standard InChI is InChI=1S/C14H22O/c1-10(2)14(15)6-5-13-8-11(3)7-12(4)9-13/h7-10,14-15H,5-6H2,1-4H3. The molecule has 1 atom stereocenters. The monoisotopic (exact) mass is 206 g/mol. The summed E-state index contributed by atoms with van der Waals surface area (Å²) in [5, 5.41) is 9.73. The lowest BCUT2D eigenvalue weighted by molar-refractivity contribution is 0.116. The van der Waals surface area contributed by atoms with E-state index in [0.717, 1.165) is 12.8 Å². The number of aryl methyl sites for hydroxylation is 3. The smallest absolute Gasteiger partial charge is 0.0566 e. The van der Waals surface area contributed by atoms with Gasteiger partial charge in [0.15, 0.2) is 0 Å². The Labute approximate surface area is 93.1 Å². The zero-order valence-electron chi connectivity index (χ0n) is 10.2. The van der Waals surface area contributed by atoms with E-state index < -0.39 is 0 Å². The zero-order chi connectivity index (χ0) is 11.4. The van der Waals surface area contributed by atoms with Crippen LogP contribution in [-0.4, -0.2) is 11.2 Å². The highest BCUT2D eigenvalue weighted by atomic mass is 16.3. The van der Waals surface area contributed by atoms with Crippen LogP contribution in [0.4, 0.5) is 0 Å². The second-order valence-corrected chi connectivity index (χ2v) is 4.85. The van der Waals surface area contributed by atoms with E-state index in [4.69, 9.17) is 0 Å². The molecule has 0 spiro atoms. The molecule has 1 aromatic carbocycles.